The fraction of sp³-hybridized carbons (Fsp3) is 0.357. The quantitative estimate of drug-likeness (QED) is 0.866. The zero-order valence-corrected chi connectivity index (χ0v) is 12.1. The van der Waals surface area contributed by atoms with Crippen molar-refractivity contribution in [2.75, 3.05) is 5.73 Å². The summed E-state index contributed by atoms with van der Waals surface area (Å²) in [6, 6.07) is 2.63. The van der Waals surface area contributed by atoms with Crippen LogP contribution < -0.4 is 5.73 Å². The van der Waals surface area contributed by atoms with Crippen molar-refractivity contribution >= 4 is 17.3 Å². The second-order valence-electron chi connectivity index (χ2n) is 4.62. The number of nitrogens with zero attached hydrogens (tertiary/aromatic N) is 2. The van der Waals surface area contributed by atoms with Gasteiger partial charge in [-0.15, -0.1) is 0 Å². The number of anilines is 1. The molecule has 0 aliphatic heterocycles. The van der Waals surface area contributed by atoms with Crippen molar-refractivity contribution in [1.29, 1.82) is 0 Å². The summed E-state index contributed by atoms with van der Waals surface area (Å²) in [5.41, 5.74) is 9.66. The van der Waals surface area contributed by atoms with E-state index in [4.69, 9.17) is 17.3 Å². The van der Waals surface area contributed by atoms with E-state index in [1.807, 2.05) is 18.5 Å². The second-order valence-corrected chi connectivity index (χ2v) is 5.03. The molecule has 2 rings (SSSR count). The van der Waals surface area contributed by atoms with Gasteiger partial charge in [0.05, 0.1) is 16.4 Å². The van der Waals surface area contributed by atoms with E-state index in [2.05, 4.69) is 12.0 Å². The van der Waals surface area contributed by atoms with Gasteiger partial charge in [-0.1, -0.05) is 18.5 Å². The Hall–Kier alpha value is -1.55. The highest BCUT2D eigenvalue weighted by molar-refractivity contribution is 6.33. The van der Waals surface area contributed by atoms with E-state index in [0.29, 0.717) is 11.3 Å². The molecule has 0 spiro atoms. The van der Waals surface area contributed by atoms with Crippen LogP contribution in [0.1, 0.15) is 24.7 Å². The molecule has 0 atom stereocenters. The fourth-order valence-corrected chi connectivity index (χ4v) is 2.51. The lowest BCUT2D eigenvalue weighted by Crippen LogP contribution is -2.01. The lowest BCUT2D eigenvalue weighted by Gasteiger charge is -2.09. The van der Waals surface area contributed by atoms with Crippen molar-refractivity contribution < 1.29 is 4.39 Å². The Morgan fingerprint density at radius 1 is 1.37 bits per heavy atom. The topological polar surface area (TPSA) is 43.8 Å². The molecule has 1 aromatic heterocycles. The van der Waals surface area contributed by atoms with E-state index >= 15 is 0 Å². The molecule has 0 aliphatic rings. The van der Waals surface area contributed by atoms with Gasteiger partial charge in [-0.2, -0.15) is 5.10 Å². The highest BCUT2D eigenvalue weighted by Gasteiger charge is 2.17. The van der Waals surface area contributed by atoms with Gasteiger partial charge >= 0.3 is 0 Å². The van der Waals surface area contributed by atoms with Crippen molar-refractivity contribution in [3.63, 3.8) is 0 Å². The van der Waals surface area contributed by atoms with Crippen LogP contribution in [0, 0.1) is 19.7 Å². The average Bonchev–Trinajstić information content (AvgIpc) is 2.60. The third-order valence-corrected chi connectivity index (χ3v) is 3.49. The molecule has 0 radical (unpaired) electrons. The molecule has 5 heteroatoms. The minimum absolute atomic E-state index is 0.233. The third kappa shape index (κ3) is 2.45. The number of hydrogen-bond acceptors (Lipinski definition) is 2. The number of nitrogen functional groups attached to an aromatic ring is 1. The van der Waals surface area contributed by atoms with Gasteiger partial charge in [-0.3, -0.25) is 4.68 Å². The van der Waals surface area contributed by atoms with Crippen molar-refractivity contribution in [3.05, 3.63) is 34.4 Å². The highest BCUT2D eigenvalue weighted by Crippen LogP contribution is 2.36. The molecule has 0 aliphatic carbocycles. The van der Waals surface area contributed by atoms with Crippen LogP contribution >= 0.6 is 11.6 Å². The number of rotatable bonds is 3. The Kier molecular flexibility index (Phi) is 3.80. The van der Waals surface area contributed by atoms with Crippen LogP contribution in [0.4, 0.5) is 10.1 Å². The smallest absolute Gasteiger partial charge is 0.125 e. The van der Waals surface area contributed by atoms with Crippen LogP contribution in [-0.4, -0.2) is 9.78 Å². The summed E-state index contributed by atoms with van der Waals surface area (Å²) in [7, 11) is 0. The highest BCUT2D eigenvalue weighted by atomic mass is 35.5. The van der Waals surface area contributed by atoms with E-state index in [9.17, 15) is 4.39 Å². The Labute approximate surface area is 117 Å². The summed E-state index contributed by atoms with van der Waals surface area (Å²) in [5, 5.41) is 4.71. The van der Waals surface area contributed by atoms with E-state index in [0.717, 1.165) is 29.9 Å². The zero-order chi connectivity index (χ0) is 14.2. The molecule has 0 saturated heterocycles. The predicted octanol–water partition coefficient (Wildman–Crippen LogP) is 3.95. The maximum Gasteiger partial charge on any atom is 0.125 e. The molecule has 2 aromatic rings. The number of aromatic nitrogens is 2. The standard InChI is InChI=1S/C14H17ClFN3/c1-4-5-19-9(3)13(8(2)18-19)11-6-10(16)7-12(15)14(11)17/h6-7H,4-5,17H2,1-3H3. The first-order valence-corrected chi connectivity index (χ1v) is 6.62. The van der Waals surface area contributed by atoms with Gasteiger partial charge in [0.2, 0.25) is 0 Å². The number of nitrogens with two attached hydrogens (primary N) is 1. The molecule has 19 heavy (non-hydrogen) atoms. The number of aryl methyl sites for hydroxylation is 2. The summed E-state index contributed by atoms with van der Waals surface area (Å²) in [5.74, 6) is -0.392. The molecule has 0 bridgehead atoms. The first-order valence-electron chi connectivity index (χ1n) is 6.24. The SMILES string of the molecule is CCCn1nc(C)c(-c2cc(F)cc(Cl)c2N)c1C. The molecule has 1 heterocycles. The molecular formula is C14H17ClFN3. The maximum atomic E-state index is 13.5. The van der Waals surface area contributed by atoms with Gasteiger partial charge in [-0.05, 0) is 32.4 Å². The van der Waals surface area contributed by atoms with Gasteiger partial charge in [0.15, 0.2) is 0 Å². The summed E-state index contributed by atoms with van der Waals surface area (Å²) in [4.78, 5) is 0. The lowest BCUT2D eigenvalue weighted by molar-refractivity contribution is 0.583. The van der Waals surface area contributed by atoms with Crippen molar-refractivity contribution in [3.8, 4) is 11.1 Å². The van der Waals surface area contributed by atoms with Gasteiger partial charge in [0, 0.05) is 23.4 Å². The normalized spacial score (nSPS) is 11.0. The summed E-state index contributed by atoms with van der Waals surface area (Å²) >= 11 is 5.95. The molecule has 2 N–H and O–H groups in total. The Bertz CT molecular complexity index is 620. The van der Waals surface area contributed by atoms with Crippen LogP contribution in [0.2, 0.25) is 5.02 Å². The van der Waals surface area contributed by atoms with E-state index in [1.54, 1.807) is 0 Å². The number of halogens is 2. The Morgan fingerprint density at radius 2 is 2.05 bits per heavy atom. The molecule has 0 unspecified atom stereocenters. The van der Waals surface area contributed by atoms with E-state index < -0.39 is 5.82 Å². The molecule has 0 saturated carbocycles. The molecule has 3 nitrogen and oxygen atoms in total. The molecule has 102 valence electrons. The van der Waals surface area contributed by atoms with Gasteiger partial charge in [-0.25, -0.2) is 4.39 Å². The van der Waals surface area contributed by atoms with Crippen LogP contribution in [0.5, 0.6) is 0 Å². The predicted molar refractivity (Wildman–Crippen MR) is 76.8 cm³/mol. The van der Waals surface area contributed by atoms with Crippen molar-refractivity contribution in [2.45, 2.75) is 33.7 Å². The lowest BCUT2D eigenvalue weighted by atomic mass is 10.0. The van der Waals surface area contributed by atoms with Crippen LogP contribution in [0.15, 0.2) is 12.1 Å². The van der Waals surface area contributed by atoms with Crippen LogP contribution in [-0.2, 0) is 6.54 Å². The maximum absolute atomic E-state index is 13.5. The first kappa shape index (κ1) is 13.9. The molecular weight excluding hydrogens is 265 g/mol. The summed E-state index contributed by atoms with van der Waals surface area (Å²) < 4.78 is 15.5. The Morgan fingerprint density at radius 3 is 2.68 bits per heavy atom. The minimum atomic E-state index is -0.392. The van der Waals surface area contributed by atoms with Crippen LogP contribution in [0.25, 0.3) is 11.1 Å². The first-order chi connectivity index (χ1) is 8.95. The zero-order valence-electron chi connectivity index (χ0n) is 11.3. The summed E-state index contributed by atoms with van der Waals surface area (Å²) in [6.45, 7) is 6.77. The summed E-state index contributed by atoms with van der Waals surface area (Å²) in [6.07, 6.45) is 0.987. The molecule has 0 fully saturated rings. The second kappa shape index (κ2) is 5.21. The van der Waals surface area contributed by atoms with Crippen molar-refractivity contribution in [2.24, 2.45) is 0 Å². The van der Waals surface area contributed by atoms with Crippen LogP contribution in [0.3, 0.4) is 0 Å². The van der Waals surface area contributed by atoms with Gasteiger partial charge in [0.1, 0.15) is 5.82 Å². The third-order valence-electron chi connectivity index (χ3n) is 3.18. The molecule has 0 amide bonds. The number of hydrogen-bond donors (Lipinski definition) is 1. The average molecular weight is 282 g/mol. The molecule has 1 aromatic carbocycles. The Balaban J connectivity index is 2.65. The fourth-order valence-electron chi connectivity index (χ4n) is 2.31. The van der Waals surface area contributed by atoms with E-state index in [1.165, 1.54) is 12.1 Å². The minimum Gasteiger partial charge on any atom is -0.397 e. The number of benzene rings is 1. The van der Waals surface area contributed by atoms with Gasteiger partial charge in [0.25, 0.3) is 0 Å². The van der Waals surface area contributed by atoms with Crippen molar-refractivity contribution in [1.82, 2.24) is 9.78 Å². The largest absolute Gasteiger partial charge is 0.397 e. The van der Waals surface area contributed by atoms with E-state index in [-0.39, 0.29) is 5.02 Å². The van der Waals surface area contributed by atoms with Gasteiger partial charge < -0.3 is 5.73 Å². The monoisotopic (exact) mass is 281 g/mol.